The van der Waals surface area contributed by atoms with Gasteiger partial charge in [-0.25, -0.2) is 4.98 Å². The van der Waals surface area contributed by atoms with Crippen molar-refractivity contribution in [1.29, 1.82) is 0 Å². The first-order valence-electron chi connectivity index (χ1n) is 5.88. The van der Waals surface area contributed by atoms with Crippen LogP contribution >= 0.6 is 0 Å². The highest BCUT2D eigenvalue weighted by Gasteiger charge is 2.16. The summed E-state index contributed by atoms with van der Waals surface area (Å²) in [5.74, 6) is 1.74. The van der Waals surface area contributed by atoms with Gasteiger partial charge in [0, 0.05) is 13.0 Å². The molecule has 17 heavy (non-hydrogen) atoms. The lowest BCUT2D eigenvalue weighted by molar-refractivity contribution is 0.449. The molecule has 1 atom stereocenters. The third-order valence-electron chi connectivity index (χ3n) is 2.77. The summed E-state index contributed by atoms with van der Waals surface area (Å²) in [6, 6.07) is 1.76. The van der Waals surface area contributed by atoms with Gasteiger partial charge in [-0.3, -0.25) is 4.68 Å². The van der Waals surface area contributed by atoms with Gasteiger partial charge in [0.2, 0.25) is 0 Å². The van der Waals surface area contributed by atoms with Gasteiger partial charge in [0.25, 0.3) is 0 Å². The number of hydrogen-bond acceptors (Lipinski definition) is 4. The van der Waals surface area contributed by atoms with E-state index in [9.17, 15) is 0 Å². The average Bonchev–Trinajstić information content (AvgIpc) is 2.89. The summed E-state index contributed by atoms with van der Waals surface area (Å²) in [6.07, 6.45) is 4.92. The quantitative estimate of drug-likeness (QED) is 0.856. The van der Waals surface area contributed by atoms with Crippen LogP contribution in [0.4, 0.5) is 0 Å². The Morgan fingerprint density at radius 2 is 2.35 bits per heavy atom. The topological polar surface area (TPSA) is 69.9 Å². The zero-order valence-corrected chi connectivity index (χ0v) is 10.3. The summed E-state index contributed by atoms with van der Waals surface area (Å²) >= 11 is 0. The molecule has 0 radical (unpaired) electrons. The van der Waals surface area contributed by atoms with Crippen LogP contribution in [0, 0.1) is 6.92 Å². The SMILES string of the molecule is CCCn1ncnc1CC(N)c1occc1C. The highest BCUT2D eigenvalue weighted by molar-refractivity contribution is 5.18. The molecule has 92 valence electrons. The van der Waals surface area contributed by atoms with Gasteiger partial charge in [0.1, 0.15) is 17.9 Å². The van der Waals surface area contributed by atoms with E-state index in [0.29, 0.717) is 6.42 Å². The third-order valence-corrected chi connectivity index (χ3v) is 2.77. The van der Waals surface area contributed by atoms with E-state index in [-0.39, 0.29) is 6.04 Å². The molecule has 2 heterocycles. The Balaban J connectivity index is 2.10. The fourth-order valence-corrected chi connectivity index (χ4v) is 1.90. The van der Waals surface area contributed by atoms with Crippen molar-refractivity contribution < 1.29 is 4.42 Å². The summed E-state index contributed by atoms with van der Waals surface area (Å²) in [7, 11) is 0. The van der Waals surface area contributed by atoms with Gasteiger partial charge in [-0.15, -0.1) is 0 Å². The molecule has 0 spiro atoms. The van der Waals surface area contributed by atoms with Crippen molar-refractivity contribution in [2.24, 2.45) is 5.73 Å². The molecule has 2 rings (SSSR count). The minimum atomic E-state index is -0.162. The molecule has 0 aromatic carbocycles. The maximum absolute atomic E-state index is 6.12. The van der Waals surface area contributed by atoms with Crippen LogP contribution in [-0.4, -0.2) is 14.8 Å². The van der Waals surface area contributed by atoms with Crippen LogP contribution in [-0.2, 0) is 13.0 Å². The Labute approximate surface area is 101 Å². The number of furan rings is 1. The zero-order chi connectivity index (χ0) is 12.3. The fourth-order valence-electron chi connectivity index (χ4n) is 1.90. The monoisotopic (exact) mass is 234 g/mol. The number of hydrogen-bond donors (Lipinski definition) is 1. The summed E-state index contributed by atoms with van der Waals surface area (Å²) < 4.78 is 7.29. The van der Waals surface area contributed by atoms with Crippen molar-refractivity contribution in [1.82, 2.24) is 14.8 Å². The Kier molecular flexibility index (Phi) is 3.58. The molecule has 5 heteroatoms. The van der Waals surface area contributed by atoms with Crippen molar-refractivity contribution in [3.63, 3.8) is 0 Å². The van der Waals surface area contributed by atoms with Gasteiger partial charge in [-0.05, 0) is 25.0 Å². The van der Waals surface area contributed by atoms with E-state index in [2.05, 4.69) is 17.0 Å². The van der Waals surface area contributed by atoms with E-state index < -0.39 is 0 Å². The van der Waals surface area contributed by atoms with Crippen LogP contribution in [0.25, 0.3) is 0 Å². The minimum Gasteiger partial charge on any atom is -0.467 e. The van der Waals surface area contributed by atoms with Crippen molar-refractivity contribution >= 4 is 0 Å². The second kappa shape index (κ2) is 5.14. The molecule has 0 aliphatic rings. The Morgan fingerprint density at radius 1 is 1.53 bits per heavy atom. The largest absolute Gasteiger partial charge is 0.467 e. The first kappa shape index (κ1) is 11.9. The van der Waals surface area contributed by atoms with Gasteiger partial charge < -0.3 is 10.2 Å². The van der Waals surface area contributed by atoms with Gasteiger partial charge in [-0.1, -0.05) is 6.92 Å². The molecule has 2 aromatic rings. The van der Waals surface area contributed by atoms with Gasteiger partial charge in [-0.2, -0.15) is 5.10 Å². The predicted octanol–water partition coefficient (Wildman–Crippen LogP) is 1.83. The Morgan fingerprint density at radius 3 is 3.00 bits per heavy atom. The number of aromatic nitrogens is 3. The molecule has 2 N–H and O–H groups in total. The lowest BCUT2D eigenvalue weighted by Gasteiger charge is -2.10. The molecule has 0 amide bonds. The molecule has 0 fully saturated rings. The Bertz CT molecular complexity index is 474. The summed E-state index contributed by atoms with van der Waals surface area (Å²) in [5, 5.41) is 4.18. The summed E-state index contributed by atoms with van der Waals surface area (Å²) in [5.41, 5.74) is 7.20. The van der Waals surface area contributed by atoms with Gasteiger partial charge in [0.05, 0.1) is 12.3 Å². The van der Waals surface area contributed by atoms with Crippen molar-refractivity contribution in [3.8, 4) is 0 Å². The molecule has 2 aromatic heterocycles. The smallest absolute Gasteiger partial charge is 0.138 e. The molecular weight excluding hydrogens is 216 g/mol. The first-order valence-corrected chi connectivity index (χ1v) is 5.88. The zero-order valence-electron chi connectivity index (χ0n) is 10.3. The third kappa shape index (κ3) is 2.55. The number of rotatable bonds is 5. The first-order chi connectivity index (χ1) is 8.22. The number of aryl methyl sites for hydroxylation is 2. The van der Waals surface area contributed by atoms with E-state index in [4.69, 9.17) is 10.2 Å². The van der Waals surface area contributed by atoms with Crippen LogP contribution in [0.3, 0.4) is 0 Å². The lowest BCUT2D eigenvalue weighted by Crippen LogP contribution is -2.17. The van der Waals surface area contributed by atoms with Crippen molar-refractivity contribution in [2.75, 3.05) is 0 Å². The van der Waals surface area contributed by atoms with Crippen LogP contribution < -0.4 is 5.73 Å². The maximum Gasteiger partial charge on any atom is 0.138 e. The predicted molar refractivity (Wildman–Crippen MR) is 64.4 cm³/mol. The van der Waals surface area contributed by atoms with E-state index in [1.54, 1.807) is 12.6 Å². The molecule has 0 saturated carbocycles. The second-order valence-electron chi connectivity index (χ2n) is 4.18. The fraction of sp³-hybridized carbons (Fsp3) is 0.500. The average molecular weight is 234 g/mol. The molecule has 0 aliphatic heterocycles. The van der Waals surface area contributed by atoms with Gasteiger partial charge in [0.15, 0.2) is 0 Å². The van der Waals surface area contributed by atoms with Crippen molar-refractivity contribution in [3.05, 3.63) is 35.8 Å². The summed E-state index contributed by atoms with van der Waals surface area (Å²) in [4.78, 5) is 4.24. The molecule has 0 aliphatic carbocycles. The molecule has 0 bridgehead atoms. The lowest BCUT2D eigenvalue weighted by atomic mass is 10.1. The number of nitrogens with two attached hydrogens (primary N) is 1. The molecular formula is C12H18N4O. The van der Waals surface area contributed by atoms with Crippen LogP contribution in [0.15, 0.2) is 23.1 Å². The second-order valence-corrected chi connectivity index (χ2v) is 4.18. The van der Waals surface area contributed by atoms with Gasteiger partial charge >= 0.3 is 0 Å². The van der Waals surface area contributed by atoms with E-state index >= 15 is 0 Å². The van der Waals surface area contributed by atoms with Crippen LogP contribution in [0.5, 0.6) is 0 Å². The number of nitrogens with zero attached hydrogens (tertiary/aromatic N) is 3. The van der Waals surface area contributed by atoms with Crippen LogP contribution in [0.1, 0.15) is 36.5 Å². The standard InChI is InChI=1S/C12H18N4O/c1-3-5-16-11(14-8-15-16)7-10(13)12-9(2)4-6-17-12/h4,6,8,10H,3,5,7,13H2,1-2H3. The normalized spacial score (nSPS) is 12.9. The maximum atomic E-state index is 6.12. The van der Waals surface area contributed by atoms with E-state index in [1.807, 2.05) is 17.7 Å². The minimum absolute atomic E-state index is 0.162. The van der Waals surface area contributed by atoms with E-state index in [1.165, 1.54) is 0 Å². The highest BCUT2D eigenvalue weighted by Crippen LogP contribution is 2.19. The van der Waals surface area contributed by atoms with E-state index in [0.717, 1.165) is 30.1 Å². The molecule has 1 unspecified atom stereocenters. The summed E-state index contributed by atoms with van der Waals surface area (Å²) in [6.45, 7) is 4.98. The molecule has 0 saturated heterocycles. The van der Waals surface area contributed by atoms with Crippen molar-refractivity contribution in [2.45, 2.75) is 39.3 Å². The molecule has 5 nitrogen and oxygen atoms in total. The van der Waals surface area contributed by atoms with Crippen LogP contribution in [0.2, 0.25) is 0 Å². The Hall–Kier alpha value is -1.62. The highest BCUT2D eigenvalue weighted by atomic mass is 16.3.